The molecule has 0 unspecified atom stereocenters. The van der Waals surface area contributed by atoms with Gasteiger partial charge in [-0.05, 0) is 29.8 Å². The Hall–Kier alpha value is -2.17. The lowest BCUT2D eigenvalue weighted by Gasteiger charge is -2.11. The minimum absolute atomic E-state index is 0.179. The van der Waals surface area contributed by atoms with E-state index < -0.39 is 11.7 Å². The van der Waals surface area contributed by atoms with E-state index in [1.54, 1.807) is 18.2 Å². The summed E-state index contributed by atoms with van der Waals surface area (Å²) in [5.41, 5.74) is -0.0116. The maximum atomic E-state index is 12.4. The SMILES string of the molecule is COc1ccccc1OCc1ccc(C(F)(F)F)cc1. The molecule has 0 radical (unpaired) electrons. The van der Waals surface area contributed by atoms with Gasteiger partial charge in [0.2, 0.25) is 0 Å². The van der Waals surface area contributed by atoms with Crippen molar-refractivity contribution in [1.82, 2.24) is 0 Å². The molecule has 0 atom stereocenters. The van der Waals surface area contributed by atoms with Crippen LogP contribution < -0.4 is 9.47 Å². The highest BCUT2D eigenvalue weighted by molar-refractivity contribution is 5.39. The summed E-state index contributed by atoms with van der Waals surface area (Å²) in [6.07, 6.45) is -4.32. The molecule has 0 aromatic heterocycles. The minimum Gasteiger partial charge on any atom is -0.493 e. The van der Waals surface area contributed by atoms with Crippen LogP contribution in [0.5, 0.6) is 11.5 Å². The van der Waals surface area contributed by atoms with Crippen molar-refractivity contribution < 1.29 is 22.6 Å². The van der Waals surface area contributed by atoms with E-state index in [2.05, 4.69) is 0 Å². The fourth-order valence-electron chi connectivity index (χ4n) is 1.69. The number of para-hydroxylation sites is 2. The monoisotopic (exact) mass is 282 g/mol. The van der Waals surface area contributed by atoms with Gasteiger partial charge in [-0.15, -0.1) is 0 Å². The van der Waals surface area contributed by atoms with Crippen LogP contribution in [0.4, 0.5) is 13.2 Å². The van der Waals surface area contributed by atoms with Crippen molar-refractivity contribution >= 4 is 0 Å². The second-order valence-electron chi connectivity index (χ2n) is 4.13. The number of rotatable bonds is 4. The van der Waals surface area contributed by atoms with E-state index in [-0.39, 0.29) is 6.61 Å². The molecule has 2 aromatic rings. The molecule has 2 rings (SSSR count). The van der Waals surface area contributed by atoms with E-state index in [1.807, 2.05) is 6.07 Å². The lowest BCUT2D eigenvalue weighted by atomic mass is 10.1. The molecule has 0 spiro atoms. The molecule has 0 aliphatic carbocycles. The number of hydrogen-bond acceptors (Lipinski definition) is 2. The van der Waals surface area contributed by atoms with Crippen molar-refractivity contribution in [3.8, 4) is 11.5 Å². The molecule has 0 amide bonds. The molecular weight excluding hydrogens is 269 g/mol. The highest BCUT2D eigenvalue weighted by Crippen LogP contribution is 2.30. The lowest BCUT2D eigenvalue weighted by molar-refractivity contribution is -0.137. The van der Waals surface area contributed by atoms with Crippen LogP contribution in [-0.4, -0.2) is 7.11 Å². The first-order chi connectivity index (χ1) is 9.50. The molecule has 0 aliphatic heterocycles. The fourth-order valence-corrected chi connectivity index (χ4v) is 1.69. The Morgan fingerprint density at radius 3 is 2.05 bits per heavy atom. The van der Waals surface area contributed by atoms with Crippen molar-refractivity contribution in [3.05, 3.63) is 59.7 Å². The molecular formula is C15H13F3O2. The normalized spacial score (nSPS) is 11.2. The summed E-state index contributed by atoms with van der Waals surface area (Å²) in [6.45, 7) is 0.179. The van der Waals surface area contributed by atoms with E-state index in [1.165, 1.54) is 19.2 Å². The first-order valence-electron chi connectivity index (χ1n) is 5.92. The number of alkyl halides is 3. The van der Waals surface area contributed by atoms with Gasteiger partial charge in [0.05, 0.1) is 12.7 Å². The van der Waals surface area contributed by atoms with E-state index in [9.17, 15) is 13.2 Å². The largest absolute Gasteiger partial charge is 0.493 e. The quantitative estimate of drug-likeness (QED) is 0.832. The first kappa shape index (κ1) is 14.2. The van der Waals surface area contributed by atoms with Crippen molar-refractivity contribution in [2.45, 2.75) is 12.8 Å². The summed E-state index contributed by atoms with van der Waals surface area (Å²) in [5, 5.41) is 0. The van der Waals surface area contributed by atoms with E-state index >= 15 is 0 Å². The molecule has 5 heteroatoms. The molecule has 0 fully saturated rings. The van der Waals surface area contributed by atoms with Crippen molar-refractivity contribution in [2.24, 2.45) is 0 Å². The third kappa shape index (κ3) is 3.44. The Kier molecular flexibility index (Phi) is 4.17. The summed E-state index contributed by atoms with van der Waals surface area (Å²) in [5.74, 6) is 1.13. The average Bonchev–Trinajstić information content (AvgIpc) is 2.45. The number of ether oxygens (including phenoxy) is 2. The zero-order valence-corrected chi connectivity index (χ0v) is 10.8. The van der Waals surface area contributed by atoms with Crippen LogP contribution in [-0.2, 0) is 12.8 Å². The number of halogens is 3. The third-order valence-corrected chi connectivity index (χ3v) is 2.74. The molecule has 2 nitrogen and oxygen atoms in total. The Morgan fingerprint density at radius 1 is 0.900 bits per heavy atom. The van der Waals surface area contributed by atoms with Gasteiger partial charge >= 0.3 is 6.18 Å². The number of benzene rings is 2. The second-order valence-corrected chi connectivity index (χ2v) is 4.13. The second kappa shape index (κ2) is 5.86. The van der Waals surface area contributed by atoms with Gasteiger partial charge in [0, 0.05) is 0 Å². The highest BCUT2D eigenvalue weighted by atomic mass is 19.4. The smallest absolute Gasteiger partial charge is 0.416 e. The Bertz CT molecular complexity index is 562. The van der Waals surface area contributed by atoms with Crippen LogP contribution in [0.3, 0.4) is 0 Å². The molecule has 106 valence electrons. The van der Waals surface area contributed by atoms with Gasteiger partial charge in [0.25, 0.3) is 0 Å². The summed E-state index contributed by atoms with van der Waals surface area (Å²) >= 11 is 0. The van der Waals surface area contributed by atoms with Crippen LogP contribution in [0, 0.1) is 0 Å². The number of hydrogen-bond donors (Lipinski definition) is 0. The van der Waals surface area contributed by atoms with E-state index in [4.69, 9.17) is 9.47 Å². The van der Waals surface area contributed by atoms with Crippen molar-refractivity contribution in [2.75, 3.05) is 7.11 Å². The van der Waals surface area contributed by atoms with Gasteiger partial charge in [-0.1, -0.05) is 24.3 Å². The molecule has 0 N–H and O–H groups in total. The Balaban J connectivity index is 2.04. The van der Waals surface area contributed by atoms with Gasteiger partial charge in [-0.25, -0.2) is 0 Å². The molecule has 0 saturated heterocycles. The van der Waals surface area contributed by atoms with E-state index in [0.29, 0.717) is 17.1 Å². The van der Waals surface area contributed by atoms with Crippen LogP contribution in [0.15, 0.2) is 48.5 Å². The van der Waals surface area contributed by atoms with Crippen LogP contribution >= 0.6 is 0 Å². The molecule has 0 aliphatic rings. The van der Waals surface area contributed by atoms with Crippen LogP contribution in [0.1, 0.15) is 11.1 Å². The van der Waals surface area contributed by atoms with E-state index in [0.717, 1.165) is 12.1 Å². The van der Waals surface area contributed by atoms with Gasteiger partial charge in [0.1, 0.15) is 6.61 Å². The molecule has 0 bridgehead atoms. The molecule has 2 aromatic carbocycles. The zero-order chi connectivity index (χ0) is 14.6. The molecule has 0 saturated carbocycles. The average molecular weight is 282 g/mol. The maximum Gasteiger partial charge on any atom is 0.416 e. The standard InChI is InChI=1S/C15H13F3O2/c1-19-13-4-2-3-5-14(13)20-10-11-6-8-12(9-7-11)15(16,17)18/h2-9H,10H2,1H3. The summed E-state index contributed by atoms with van der Waals surface area (Å²) in [7, 11) is 1.53. The molecule has 20 heavy (non-hydrogen) atoms. The summed E-state index contributed by atoms with van der Waals surface area (Å²) in [4.78, 5) is 0. The minimum atomic E-state index is -4.32. The Labute approximate surface area is 114 Å². The third-order valence-electron chi connectivity index (χ3n) is 2.74. The molecule has 0 heterocycles. The summed E-state index contributed by atoms with van der Waals surface area (Å²) in [6, 6.07) is 12.0. The fraction of sp³-hybridized carbons (Fsp3) is 0.200. The van der Waals surface area contributed by atoms with Gasteiger partial charge in [-0.3, -0.25) is 0 Å². The topological polar surface area (TPSA) is 18.5 Å². The number of methoxy groups -OCH3 is 1. The summed E-state index contributed by atoms with van der Waals surface area (Å²) < 4.78 is 47.9. The van der Waals surface area contributed by atoms with Gasteiger partial charge in [0.15, 0.2) is 11.5 Å². The lowest BCUT2D eigenvalue weighted by Crippen LogP contribution is -2.05. The maximum absolute atomic E-state index is 12.4. The highest BCUT2D eigenvalue weighted by Gasteiger charge is 2.29. The van der Waals surface area contributed by atoms with Crippen LogP contribution in [0.2, 0.25) is 0 Å². The predicted octanol–water partition coefficient (Wildman–Crippen LogP) is 4.29. The zero-order valence-electron chi connectivity index (χ0n) is 10.8. The van der Waals surface area contributed by atoms with Crippen molar-refractivity contribution in [3.63, 3.8) is 0 Å². The van der Waals surface area contributed by atoms with Gasteiger partial charge in [-0.2, -0.15) is 13.2 Å². The Morgan fingerprint density at radius 2 is 1.50 bits per heavy atom. The van der Waals surface area contributed by atoms with Crippen molar-refractivity contribution in [1.29, 1.82) is 0 Å². The first-order valence-corrected chi connectivity index (χ1v) is 5.92. The van der Waals surface area contributed by atoms with Gasteiger partial charge < -0.3 is 9.47 Å². The predicted molar refractivity (Wildman–Crippen MR) is 68.8 cm³/mol. The van der Waals surface area contributed by atoms with Crippen LogP contribution in [0.25, 0.3) is 0 Å².